The first-order valence-corrected chi connectivity index (χ1v) is 7.72. The maximum absolute atomic E-state index is 12.3. The Morgan fingerprint density at radius 3 is 2.85 bits per heavy atom. The van der Waals surface area contributed by atoms with Gasteiger partial charge in [-0.3, -0.25) is 0 Å². The number of thiophene rings is 1. The van der Waals surface area contributed by atoms with Crippen molar-refractivity contribution in [2.75, 3.05) is 6.54 Å². The molecule has 5 nitrogen and oxygen atoms in total. The van der Waals surface area contributed by atoms with Gasteiger partial charge in [-0.25, -0.2) is 9.59 Å². The van der Waals surface area contributed by atoms with Crippen molar-refractivity contribution in [3.05, 3.63) is 22.4 Å². The number of nitrogens with zero attached hydrogens (tertiary/aromatic N) is 1. The number of urea groups is 1. The minimum atomic E-state index is -1.03. The molecule has 1 aliphatic heterocycles. The number of piperidine rings is 1. The number of aliphatic carboxylic acids is 1. The van der Waals surface area contributed by atoms with Crippen molar-refractivity contribution in [1.29, 1.82) is 0 Å². The normalized spacial score (nSPS) is 24.2. The molecule has 1 aromatic heterocycles. The highest BCUT2D eigenvalue weighted by Gasteiger charge is 2.31. The third-order valence-electron chi connectivity index (χ3n) is 3.98. The number of hydrogen-bond donors (Lipinski definition) is 2. The molecule has 0 aromatic carbocycles. The second-order valence-electron chi connectivity index (χ2n) is 5.29. The molecule has 0 aliphatic carbocycles. The highest BCUT2D eigenvalue weighted by atomic mass is 32.1. The fourth-order valence-electron chi connectivity index (χ4n) is 2.54. The average Bonchev–Trinajstić information content (AvgIpc) is 2.92. The fourth-order valence-corrected chi connectivity index (χ4v) is 3.31. The van der Waals surface area contributed by atoms with Crippen LogP contribution in [-0.4, -0.2) is 34.6 Å². The van der Waals surface area contributed by atoms with E-state index in [-0.39, 0.29) is 12.1 Å². The van der Waals surface area contributed by atoms with E-state index in [9.17, 15) is 14.7 Å². The van der Waals surface area contributed by atoms with E-state index in [0.717, 1.165) is 12.8 Å². The summed E-state index contributed by atoms with van der Waals surface area (Å²) in [6, 6.07) is 2.40. The summed E-state index contributed by atoms with van der Waals surface area (Å²) in [6.45, 7) is 4.83. The van der Waals surface area contributed by atoms with E-state index in [1.807, 2.05) is 12.3 Å². The van der Waals surface area contributed by atoms with E-state index in [4.69, 9.17) is 0 Å². The van der Waals surface area contributed by atoms with Crippen LogP contribution in [0.2, 0.25) is 0 Å². The summed E-state index contributed by atoms with van der Waals surface area (Å²) in [4.78, 5) is 26.0. The van der Waals surface area contributed by atoms with Gasteiger partial charge in [0.25, 0.3) is 0 Å². The van der Waals surface area contributed by atoms with Crippen molar-refractivity contribution in [1.82, 2.24) is 10.2 Å². The van der Waals surface area contributed by atoms with Crippen LogP contribution in [0.5, 0.6) is 0 Å². The highest BCUT2D eigenvalue weighted by Crippen LogP contribution is 2.24. The molecular weight excluding hydrogens is 276 g/mol. The largest absolute Gasteiger partial charge is 0.479 e. The monoisotopic (exact) mass is 296 g/mol. The lowest BCUT2D eigenvalue weighted by molar-refractivity contribution is -0.139. The minimum absolute atomic E-state index is 0.140. The van der Waals surface area contributed by atoms with Crippen molar-refractivity contribution < 1.29 is 14.7 Å². The zero-order valence-electron chi connectivity index (χ0n) is 11.7. The predicted molar refractivity (Wildman–Crippen MR) is 77.8 cm³/mol. The molecule has 1 aromatic rings. The van der Waals surface area contributed by atoms with Crippen molar-refractivity contribution in [2.24, 2.45) is 5.92 Å². The number of carbonyl (C=O) groups is 2. The lowest BCUT2D eigenvalue weighted by Crippen LogP contribution is -2.51. The molecule has 2 amide bonds. The van der Waals surface area contributed by atoms with E-state index in [1.165, 1.54) is 11.3 Å². The first kappa shape index (κ1) is 14.8. The van der Waals surface area contributed by atoms with Gasteiger partial charge in [0.05, 0.1) is 0 Å². The topological polar surface area (TPSA) is 69.6 Å². The van der Waals surface area contributed by atoms with E-state index in [2.05, 4.69) is 12.2 Å². The van der Waals surface area contributed by atoms with Gasteiger partial charge in [-0.1, -0.05) is 13.0 Å². The zero-order valence-corrected chi connectivity index (χ0v) is 12.5. The number of rotatable bonds is 3. The molecule has 0 saturated carbocycles. The Balaban J connectivity index is 2.07. The van der Waals surface area contributed by atoms with Gasteiger partial charge >= 0.3 is 12.0 Å². The van der Waals surface area contributed by atoms with Gasteiger partial charge < -0.3 is 15.3 Å². The number of carbonyl (C=O) groups excluding carboxylic acids is 1. The molecule has 1 fully saturated rings. The molecule has 3 atom stereocenters. The Labute approximate surface area is 122 Å². The Hall–Kier alpha value is -1.56. The summed E-state index contributed by atoms with van der Waals surface area (Å²) in [5.74, 6) is -0.585. The Morgan fingerprint density at radius 2 is 2.25 bits per heavy atom. The summed E-state index contributed by atoms with van der Waals surface area (Å²) in [5, 5.41) is 13.7. The zero-order chi connectivity index (χ0) is 14.7. The Bertz CT molecular complexity index is 475. The molecule has 2 rings (SSSR count). The molecule has 3 unspecified atom stereocenters. The molecule has 0 radical (unpaired) electrons. The number of carboxylic acids is 1. The number of carboxylic acid groups (broad SMARTS) is 1. The van der Waals surface area contributed by atoms with Crippen LogP contribution in [0.4, 0.5) is 4.79 Å². The van der Waals surface area contributed by atoms with Gasteiger partial charge in [0.1, 0.15) is 0 Å². The third-order valence-corrected chi connectivity index (χ3v) is 4.91. The second kappa shape index (κ2) is 6.26. The predicted octanol–water partition coefficient (Wildman–Crippen LogP) is 2.70. The van der Waals surface area contributed by atoms with Crippen molar-refractivity contribution in [3.8, 4) is 0 Å². The van der Waals surface area contributed by atoms with Crippen LogP contribution in [0.3, 0.4) is 0 Å². The molecule has 6 heteroatoms. The summed E-state index contributed by atoms with van der Waals surface area (Å²) in [6.07, 6.45) is 2.08. The first-order chi connectivity index (χ1) is 9.50. The van der Waals surface area contributed by atoms with Gasteiger partial charge in [0.2, 0.25) is 0 Å². The molecule has 2 N–H and O–H groups in total. The standard InChI is InChI=1S/C14H20N2O3S/c1-9-5-3-7-16(10(9)2)14(19)15-12(13(17)18)11-6-4-8-20-11/h4,6,8-10,12H,3,5,7H2,1-2H3,(H,15,19)(H,17,18). The number of amides is 2. The van der Waals surface area contributed by atoms with Crippen LogP contribution in [0, 0.1) is 5.92 Å². The summed E-state index contributed by atoms with van der Waals surface area (Å²) < 4.78 is 0. The van der Waals surface area contributed by atoms with Crippen LogP contribution < -0.4 is 5.32 Å². The molecule has 110 valence electrons. The SMILES string of the molecule is CC1CCCN(C(=O)NC(C(=O)O)c2cccs2)C1C. The Morgan fingerprint density at radius 1 is 1.50 bits per heavy atom. The van der Waals surface area contributed by atoms with Crippen LogP contribution >= 0.6 is 11.3 Å². The van der Waals surface area contributed by atoms with Crippen molar-refractivity contribution in [2.45, 2.75) is 38.8 Å². The van der Waals surface area contributed by atoms with Gasteiger partial charge in [-0.05, 0) is 37.1 Å². The number of nitrogens with one attached hydrogen (secondary N) is 1. The first-order valence-electron chi connectivity index (χ1n) is 6.84. The number of hydrogen-bond acceptors (Lipinski definition) is 3. The minimum Gasteiger partial charge on any atom is -0.479 e. The van der Waals surface area contributed by atoms with E-state index in [1.54, 1.807) is 17.0 Å². The smallest absolute Gasteiger partial charge is 0.331 e. The van der Waals surface area contributed by atoms with E-state index < -0.39 is 12.0 Å². The maximum Gasteiger partial charge on any atom is 0.331 e. The Kier molecular flexibility index (Phi) is 4.65. The molecule has 2 heterocycles. The average molecular weight is 296 g/mol. The van der Waals surface area contributed by atoms with Gasteiger partial charge in [0.15, 0.2) is 6.04 Å². The molecule has 20 heavy (non-hydrogen) atoms. The van der Waals surface area contributed by atoms with E-state index >= 15 is 0 Å². The molecule has 1 aliphatic rings. The van der Waals surface area contributed by atoms with Gasteiger partial charge in [-0.2, -0.15) is 0 Å². The second-order valence-corrected chi connectivity index (χ2v) is 6.27. The number of likely N-dealkylation sites (tertiary alicyclic amines) is 1. The summed E-state index contributed by atoms with van der Waals surface area (Å²) in [7, 11) is 0. The maximum atomic E-state index is 12.3. The molecule has 0 spiro atoms. The van der Waals surface area contributed by atoms with Crippen LogP contribution in [0.1, 0.15) is 37.6 Å². The molecular formula is C14H20N2O3S. The molecule has 1 saturated heterocycles. The van der Waals surface area contributed by atoms with Crippen LogP contribution in [0.15, 0.2) is 17.5 Å². The van der Waals surface area contributed by atoms with Crippen LogP contribution in [-0.2, 0) is 4.79 Å². The lowest BCUT2D eigenvalue weighted by Gasteiger charge is -2.38. The quantitative estimate of drug-likeness (QED) is 0.901. The third kappa shape index (κ3) is 3.12. The highest BCUT2D eigenvalue weighted by molar-refractivity contribution is 7.10. The van der Waals surface area contributed by atoms with E-state index in [0.29, 0.717) is 17.3 Å². The summed E-state index contributed by atoms with van der Waals surface area (Å²) >= 11 is 1.34. The van der Waals surface area contributed by atoms with Crippen molar-refractivity contribution >= 4 is 23.3 Å². The fraction of sp³-hybridized carbons (Fsp3) is 0.571. The van der Waals surface area contributed by atoms with Gasteiger partial charge in [0, 0.05) is 17.5 Å². The van der Waals surface area contributed by atoms with Gasteiger partial charge in [-0.15, -0.1) is 11.3 Å². The lowest BCUT2D eigenvalue weighted by atomic mass is 9.92. The summed E-state index contributed by atoms with van der Waals surface area (Å²) in [5.41, 5.74) is 0. The van der Waals surface area contributed by atoms with Crippen LogP contribution in [0.25, 0.3) is 0 Å². The van der Waals surface area contributed by atoms with Crippen molar-refractivity contribution in [3.63, 3.8) is 0 Å². The molecule has 0 bridgehead atoms.